The van der Waals surface area contributed by atoms with E-state index in [2.05, 4.69) is 63.1 Å². The molecule has 0 radical (unpaired) electrons. The Morgan fingerprint density at radius 2 is 1.19 bits per heavy atom. The van der Waals surface area contributed by atoms with E-state index in [1.54, 1.807) is 63.5 Å². The molecule has 15 amide bonds. The highest BCUT2D eigenvalue weighted by atomic mass is 32.2. The molecule has 4 heterocycles. The van der Waals surface area contributed by atoms with Gasteiger partial charge in [0.25, 0.3) is 0 Å². The number of amides is 15. The van der Waals surface area contributed by atoms with Gasteiger partial charge in [0.1, 0.15) is 84.4 Å². The quantitative estimate of drug-likeness (QED) is 0.0111. The van der Waals surface area contributed by atoms with Crippen molar-refractivity contribution in [2.24, 2.45) is 34.6 Å². The standard InChI is InChI=1S/C93H135N23O20S/c1-10-13-25-71(80(97)123)113(8)92(135)74(26-14-11-2)114(9)89(132)66(42-60-59-22-16-18-24-62(59)105-79(60)54-31-35-57(36-32-54)136-12-3)109-85(128)69(48-117)111-83(126)63(41-55-45-100-61-23-17-15-21-58(55)61)106-86(129)72-27-19-37-115(72)90(133)64(39-51(4)5)108-84(127)68(44-94)110-87(130)73-28-20-38-116(73)91(134)67(43-75(95)119)107-81(124)52(6)112(7)88(131)65(40-53-29-33-56(118)34-30-53)103-78(122)50-137-49-70(82(125)101-46-76(96)120)104-77(121)47-102-93(98)99/h15-18,21-24,29-36,45,51-52,63-74,87,92,100,105,110,117-118,130,135H,10-14,19-20,25-28,37-44,46-50,94H2,1-9H3,(H2,95,119)(H2,96,120)(H2,97,123)(H,101,125)(H,103,122)(H,104,121)(H,106,129)(H,107,124)(H,108,127)(H,109,128)(H,111,126)(H4,98,99,102). The number of rotatable bonds is 55. The zero-order valence-corrected chi connectivity index (χ0v) is 79.7. The maximum absolute atomic E-state index is 15.7. The summed E-state index contributed by atoms with van der Waals surface area (Å²) in [6.45, 7) is 8.41. The summed E-state index contributed by atoms with van der Waals surface area (Å²) in [5, 5.41) is 80.4. The first-order valence-corrected chi connectivity index (χ1v) is 47.2. The SMILES string of the molecule is CCCCC(C(O)N(C)C(CCCC)C(N)=O)N(C)C(=O)C(Cc1c(-c2ccc(OCC)cc2)[nH]c2ccccc12)NC(=O)C(CO)NC(=O)C(Cc1c[nH]c2ccccc12)NC(=O)C1CCCN1C(=O)C(CC(C)C)NC(=O)C(CN)NC(O)C1CCCN1C(=O)C(CC(N)=O)NC(=O)C(C)N(C)C(=O)C(Cc1ccc(O)cc1)NC(=O)CSCC(NC(=O)CNC(=N)N)C(=O)NCC(N)=O. The number of ether oxygens (including phenoxy) is 1. The van der Waals surface area contributed by atoms with Crippen LogP contribution in [0.3, 0.4) is 0 Å². The number of fused-ring (bicyclic) bond motifs is 2. The fraction of sp³-hybridized carbons (Fsp3) is 0.527. The second-order valence-corrected chi connectivity index (χ2v) is 35.9. The van der Waals surface area contributed by atoms with Gasteiger partial charge in [-0.2, -0.15) is 0 Å². The van der Waals surface area contributed by atoms with Crippen molar-refractivity contribution < 1.29 is 97.1 Å². The monoisotopic (exact) mass is 1930 g/mol. The highest BCUT2D eigenvalue weighted by molar-refractivity contribution is 8.00. The number of hydrogen-bond donors (Lipinski definition) is 22. The van der Waals surface area contributed by atoms with E-state index in [1.807, 2.05) is 57.2 Å². The molecule has 15 atom stereocenters. The molecular weight excluding hydrogens is 1790 g/mol. The predicted molar refractivity (Wildman–Crippen MR) is 512 cm³/mol. The number of aromatic amines is 2. The number of aliphatic hydroxyl groups is 3. The van der Waals surface area contributed by atoms with Gasteiger partial charge >= 0.3 is 0 Å². The fourth-order valence-electron chi connectivity index (χ4n) is 16.9. The van der Waals surface area contributed by atoms with Crippen LogP contribution in [0.4, 0.5) is 0 Å². The molecule has 15 unspecified atom stereocenters. The molecule has 748 valence electrons. The van der Waals surface area contributed by atoms with E-state index < -0.39 is 224 Å². The zero-order valence-electron chi connectivity index (χ0n) is 78.9. The minimum Gasteiger partial charge on any atom is -0.508 e. The van der Waals surface area contributed by atoms with Crippen LogP contribution < -0.4 is 86.6 Å². The lowest BCUT2D eigenvalue weighted by molar-refractivity contribution is -0.146. The van der Waals surface area contributed by atoms with Crippen LogP contribution in [0.15, 0.2) is 103 Å². The van der Waals surface area contributed by atoms with Crippen molar-refractivity contribution in [3.8, 4) is 22.8 Å². The van der Waals surface area contributed by atoms with E-state index in [-0.39, 0.29) is 88.3 Å². The van der Waals surface area contributed by atoms with Gasteiger partial charge in [-0.05, 0) is 143 Å². The first-order chi connectivity index (χ1) is 65.2. The van der Waals surface area contributed by atoms with Crippen molar-refractivity contribution in [1.82, 2.24) is 87.6 Å². The third kappa shape index (κ3) is 31.0. The van der Waals surface area contributed by atoms with Crippen molar-refractivity contribution in [3.05, 3.63) is 120 Å². The van der Waals surface area contributed by atoms with Gasteiger partial charge in [-0.25, -0.2) is 0 Å². The summed E-state index contributed by atoms with van der Waals surface area (Å²) in [4.78, 5) is 224. The van der Waals surface area contributed by atoms with Crippen molar-refractivity contribution in [2.75, 3.05) is 78.6 Å². The largest absolute Gasteiger partial charge is 0.508 e. The molecule has 4 aromatic carbocycles. The Balaban J connectivity index is 0.972. The third-order valence-corrected chi connectivity index (χ3v) is 25.4. The van der Waals surface area contributed by atoms with E-state index in [1.165, 1.54) is 64.9 Å². The number of carbonyl (C=O) groups is 15. The van der Waals surface area contributed by atoms with Crippen LogP contribution in [0.1, 0.15) is 135 Å². The van der Waals surface area contributed by atoms with E-state index >= 15 is 24.0 Å². The van der Waals surface area contributed by atoms with Crippen LogP contribution in [0, 0.1) is 11.3 Å². The number of aliphatic hydroxyl groups excluding tert-OH is 3. The minimum absolute atomic E-state index is 0.00730. The number of H-pyrrole nitrogens is 2. The Labute approximate surface area is 799 Å². The number of phenolic OH excluding ortho intramolecular Hbond substituents is 1. The molecule has 0 aliphatic carbocycles. The second kappa shape index (κ2) is 52.9. The van der Waals surface area contributed by atoms with E-state index in [4.69, 9.17) is 38.8 Å². The minimum atomic E-state index is -1.80. The van der Waals surface area contributed by atoms with E-state index in [0.717, 1.165) is 23.1 Å². The second-order valence-electron chi connectivity index (χ2n) is 34.9. The number of unbranched alkanes of at least 4 members (excludes halogenated alkanes) is 2. The van der Waals surface area contributed by atoms with Crippen LogP contribution in [0.2, 0.25) is 0 Å². The average Bonchev–Trinajstić information content (AvgIpc) is 1.63. The van der Waals surface area contributed by atoms with Gasteiger partial charge in [0.2, 0.25) is 88.6 Å². The number of likely N-dealkylation sites (tertiary alicyclic amines) is 2. The Bertz CT molecular complexity index is 5180. The number of hydrogen-bond acceptors (Lipinski definition) is 25. The molecule has 2 aliphatic heterocycles. The Morgan fingerprint density at radius 3 is 1.82 bits per heavy atom. The average molecular weight is 1930 g/mol. The summed E-state index contributed by atoms with van der Waals surface area (Å²) in [5.74, 6) is -13.7. The van der Waals surface area contributed by atoms with E-state index in [0.29, 0.717) is 87.8 Å². The van der Waals surface area contributed by atoms with Crippen LogP contribution >= 0.6 is 11.8 Å². The molecule has 27 N–H and O–H groups in total. The number of para-hydroxylation sites is 2. The molecular formula is C93H135N23O20S. The highest BCUT2D eigenvalue weighted by Crippen LogP contribution is 2.34. The van der Waals surface area contributed by atoms with Crippen LogP contribution in [-0.2, 0) is 91.2 Å². The van der Waals surface area contributed by atoms with Crippen molar-refractivity contribution in [1.29, 1.82) is 5.41 Å². The van der Waals surface area contributed by atoms with Gasteiger partial charge in [0.05, 0.1) is 56.6 Å². The summed E-state index contributed by atoms with van der Waals surface area (Å²) >= 11 is 0.841. The van der Waals surface area contributed by atoms with Gasteiger partial charge in [-0.1, -0.05) is 102 Å². The number of primary amides is 3. The van der Waals surface area contributed by atoms with Crippen LogP contribution in [0.5, 0.6) is 11.5 Å². The smallest absolute Gasteiger partial charge is 0.246 e. The topological polar surface area (TPSA) is 668 Å². The number of benzene rings is 4. The van der Waals surface area contributed by atoms with Gasteiger partial charge in [0.15, 0.2) is 5.96 Å². The number of nitrogens with one attached hydrogen (secondary N) is 13. The first-order valence-electron chi connectivity index (χ1n) is 46.1. The summed E-state index contributed by atoms with van der Waals surface area (Å²) < 4.78 is 5.77. The number of thioether (sulfide) groups is 1. The first kappa shape index (κ1) is 109. The summed E-state index contributed by atoms with van der Waals surface area (Å²) in [7, 11) is 4.29. The van der Waals surface area contributed by atoms with Gasteiger partial charge in [0, 0.05) is 92.4 Å². The third-order valence-electron chi connectivity index (χ3n) is 24.4. The van der Waals surface area contributed by atoms with Crippen molar-refractivity contribution >= 4 is 128 Å². The molecule has 137 heavy (non-hydrogen) atoms. The Morgan fingerprint density at radius 1 is 0.599 bits per heavy atom. The zero-order chi connectivity index (χ0) is 101. The number of nitrogens with two attached hydrogens (primary N) is 5. The number of carbonyl (C=O) groups excluding carboxylic acids is 15. The number of nitrogens with zero attached hydrogens (tertiary/aromatic N) is 5. The molecule has 0 spiro atoms. The van der Waals surface area contributed by atoms with Crippen molar-refractivity contribution in [3.63, 3.8) is 0 Å². The maximum atomic E-state index is 15.7. The molecule has 2 saturated heterocycles. The number of aromatic nitrogens is 2. The molecule has 2 aliphatic rings. The van der Waals surface area contributed by atoms with Crippen molar-refractivity contribution in [2.45, 2.75) is 229 Å². The fourth-order valence-corrected chi connectivity index (χ4v) is 17.7. The number of aromatic hydroxyl groups is 1. The van der Waals surface area contributed by atoms with Crippen LogP contribution in [-0.4, -0.2) is 319 Å². The molecule has 2 fully saturated rings. The highest BCUT2D eigenvalue weighted by Gasteiger charge is 2.45. The number of guanidine groups is 1. The lowest BCUT2D eigenvalue weighted by Crippen LogP contribution is -2.62. The van der Waals surface area contributed by atoms with Gasteiger partial charge in [-0.15, -0.1) is 11.8 Å². The maximum Gasteiger partial charge on any atom is 0.246 e. The molecule has 43 nitrogen and oxygen atoms in total. The van der Waals surface area contributed by atoms with Gasteiger partial charge < -0.3 is 131 Å². The summed E-state index contributed by atoms with van der Waals surface area (Å²) in [6, 6.07) is 9.65. The summed E-state index contributed by atoms with van der Waals surface area (Å²) in [5.41, 5.74) is 32.6. The lowest BCUT2D eigenvalue weighted by atomic mass is 9.96. The molecule has 6 aromatic rings. The molecule has 8 rings (SSSR count). The Hall–Kier alpha value is -13.0. The molecule has 44 heteroatoms. The number of likely N-dealkylation sites (N-methyl/N-ethyl adjacent to an activating group) is 3. The predicted octanol–water partition coefficient (Wildman–Crippen LogP) is -2.05. The Kier molecular flexibility index (Phi) is 42.2. The van der Waals surface area contributed by atoms with Crippen LogP contribution in [0.25, 0.3) is 33.1 Å². The van der Waals surface area contributed by atoms with Gasteiger partial charge in [-0.3, -0.25) is 87.5 Å². The number of phenols is 1. The molecule has 0 bridgehead atoms. The normalized spacial score (nSPS) is 16.5. The van der Waals surface area contributed by atoms with E-state index in [9.17, 15) is 68.4 Å². The summed E-state index contributed by atoms with van der Waals surface area (Å²) in [6.07, 6.45) is 0.934. The molecule has 2 aromatic heterocycles. The molecule has 0 saturated carbocycles. The lowest BCUT2D eigenvalue weighted by Gasteiger charge is -2.40.